The van der Waals surface area contributed by atoms with Crippen LogP contribution in [0.15, 0.2) is 24.3 Å². The smallest absolute Gasteiger partial charge is 0.337 e. The molecule has 0 radical (unpaired) electrons. The molecule has 2 atom stereocenters. The van der Waals surface area contributed by atoms with Crippen LogP contribution < -0.4 is 0 Å². The first-order valence-corrected chi connectivity index (χ1v) is 9.18. The Morgan fingerprint density at radius 1 is 1.25 bits per heavy atom. The summed E-state index contributed by atoms with van der Waals surface area (Å²) in [5, 5.41) is 0. The van der Waals surface area contributed by atoms with E-state index in [1.807, 2.05) is 13.8 Å². The highest BCUT2D eigenvalue weighted by Crippen LogP contribution is 2.18. The normalized spacial score (nSPS) is 22.5. The van der Waals surface area contributed by atoms with Crippen molar-refractivity contribution in [2.75, 3.05) is 27.2 Å². The van der Waals surface area contributed by atoms with Crippen molar-refractivity contribution in [1.29, 1.82) is 0 Å². The maximum Gasteiger partial charge on any atom is 0.337 e. The average Bonchev–Trinajstić information content (AvgIpc) is 2.53. The van der Waals surface area contributed by atoms with Gasteiger partial charge in [0.25, 0.3) is 10.2 Å². The van der Waals surface area contributed by atoms with Gasteiger partial charge in [0.05, 0.1) is 24.9 Å². The van der Waals surface area contributed by atoms with Gasteiger partial charge in [-0.3, -0.25) is 0 Å². The van der Waals surface area contributed by atoms with Crippen molar-refractivity contribution >= 4 is 16.2 Å². The van der Waals surface area contributed by atoms with Crippen molar-refractivity contribution in [2.45, 2.75) is 32.6 Å². The van der Waals surface area contributed by atoms with E-state index >= 15 is 0 Å². The molecule has 8 heteroatoms. The Balaban J connectivity index is 2.07. The van der Waals surface area contributed by atoms with Crippen LogP contribution in [-0.2, 0) is 26.2 Å². The molecule has 24 heavy (non-hydrogen) atoms. The molecule has 0 unspecified atom stereocenters. The number of nitrogens with zero attached hydrogens (tertiary/aromatic N) is 2. The largest absolute Gasteiger partial charge is 0.465 e. The number of benzene rings is 1. The van der Waals surface area contributed by atoms with Gasteiger partial charge in [-0.2, -0.15) is 17.0 Å². The molecule has 0 saturated carbocycles. The van der Waals surface area contributed by atoms with Crippen LogP contribution in [0.1, 0.15) is 29.8 Å². The Morgan fingerprint density at radius 3 is 2.29 bits per heavy atom. The van der Waals surface area contributed by atoms with Gasteiger partial charge >= 0.3 is 5.97 Å². The number of carbonyl (C=O) groups is 1. The molecule has 0 aromatic heterocycles. The quantitative estimate of drug-likeness (QED) is 0.743. The maximum atomic E-state index is 12.7. The van der Waals surface area contributed by atoms with E-state index in [1.54, 1.807) is 31.3 Å². The van der Waals surface area contributed by atoms with Crippen molar-refractivity contribution in [3.8, 4) is 0 Å². The number of methoxy groups -OCH3 is 1. The molecule has 0 amide bonds. The van der Waals surface area contributed by atoms with Crippen LogP contribution in [-0.4, -0.2) is 62.5 Å². The topological polar surface area (TPSA) is 76.2 Å². The highest BCUT2D eigenvalue weighted by atomic mass is 32.2. The molecule has 2 rings (SSSR count). The third-order valence-corrected chi connectivity index (χ3v) is 5.75. The Kier molecular flexibility index (Phi) is 5.97. The predicted molar refractivity (Wildman–Crippen MR) is 89.8 cm³/mol. The third kappa shape index (κ3) is 4.32. The van der Waals surface area contributed by atoms with E-state index in [9.17, 15) is 13.2 Å². The Hall–Kier alpha value is -1.48. The first-order valence-electron chi connectivity index (χ1n) is 7.78. The van der Waals surface area contributed by atoms with Crippen molar-refractivity contribution < 1.29 is 22.7 Å². The fourth-order valence-electron chi connectivity index (χ4n) is 2.72. The molecule has 7 nitrogen and oxygen atoms in total. The first-order chi connectivity index (χ1) is 11.2. The van der Waals surface area contributed by atoms with Gasteiger partial charge in [-0.05, 0) is 31.5 Å². The van der Waals surface area contributed by atoms with Crippen LogP contribution >= 0.6 is 0 Å². The molecular formula is C16H24N2O5S. The van der Waals surface area contributed by atoms with Crippen molar-refractivity contribution in [2.24, 2.45) is 0 Å². The second-order valence-electron chi connectivity index (χ2n) is 6.03. The summed E-state index contributed by atoms with van der Waals surface area (Å²) < 4.78 is 38.4. The summed E-state index contributed by atoms with van der Waals surface area (Å²) in [6.45, 7) is 4.65. The Morgan fingerprint density at radius 2 is 1.79 bits per heavy atom. The van der Waals surface area contributed by atoms with Crippen molar-refractivity contribution in [3.63, 3.8) is 0 Å². The number of hydrogen-bond donors (Lipinski definition) is 0. The lowest BCUT2D eigenvalue weighted by molar-refractivity contribution is -0.0453. The summed E-state index contributed by atoms with van der Waals surface area (Å²) >= 11 is 0. The van der Waals surface area contributed by atoms with Crippen LogP contribution in [0.3, 0.4) is 0 Å². The van der Waals surface area contributed by atoms with E-state index in [4.69, 9.17) is 4.74 Å². The van der Waals surface area contributed by atoms with E-state index in [0.717, 1.165) is 5.56 Å². The zero-order valence-electron chi connectivity index (χ0n) is 14.4. The van der Waals surface area contributed by atoms with E-state index in [2.05, 4.69) is 4.74 Å². The second kappa shape index (κ2) is 7.60. The molecule has 1 aliphatic rings. The lowest BCUT2D eigenvalue weighted by atomic mass is 10.1. The molecule has 1 heterocycles. The number of hydrogen-bond acceptors (Lipinski definition) is 5. The highest BCUT2D eigenvalue weighted by molar-refractivity contribution is 7.86. The summed E-state index contributed by atoms with van der Waals surface area (Å²) in [7, 11) is -0.692. The average molecular weight is 356 g/mol. The third-order valence-electron chi connectivity index (χ3n) is 3.89. The number of ether oxygens (including phenoxy) is 2. The summed E-state index contributed by atoms with van der Waals surface area (Å²) in [6, 6.07) is 6.70. The van der Waals surface area contributed by atoms with Gasteiger partial charge < -0.3 is 9.47 Å². The SMILES string of the molecule is COC(=O)c1ccc(CN(C)S(=O)(=O)N2C[C@@H](C)O[C@H](C)C2)cc1. The Bertz CT molecular complexity index is 664. The summed E-state index contributed by atoms with van der Waals surface area (Å²) in [4.78, 5) is 11.4. The molecule has 0 bridgehead atoms. The van der Waals surface area contributed by atoms with E-state index in [0.29, 0.717) is 18.7 Å². The second-order valence-corrected chi connectivity index (χ2v) is 8.06. The van der Waals surface area contributed by atoms with Crippen LogP contribution in [0, 0.1) is 0 Å². The predicted octanol–water partition coefficient (Wildman–Crippen LogP) is 1.26. The van der Waals surface area contributed by atoms with E-state index in [1.165, 1.54) is 15.7 Å². The Labute approximate surface area is 143 Å². The van der Waals surface area contributed by atoms with Gasteiger partial charge in [0.15, 0.2) is 0 Å². The van der Waals surface area contributed by atoms with E-state index in [-0.39, 0.29) is 18.8 Å². The lowest BCUT2D eigenvalue weighted by Gasteiger charge is -2.36. The molecule has 0 spiro atoms. The minimum Gasteiger partial charge on any atom is -0.465 e. The van der Waals surface area contributed by atoms with Crippen LogP contribution in [0.4, 0.5) is 0 Å². The number of rotatable bonds is 5. The molecule has 1 aliphatic heterocycles. The van der Waals surface area contributed by atoms with Crippen LogP contribution in [0.25, 0.3) is 0 Å². The summed E-state index contributed by atoms with van der Waals surface area (Å²) in [5.74, 6) is -0.418. The summed E-state index contributed by atoms with van der Waals surface area (Å²) in [6.07, 6.45) is -0.257. The lowest BCUT2D eigenvalue weighted by Crippen LogP contribution is -2.52. The van der Waals surface area contributed by atoms with Gasteiger partial charge in [0, 0.05) is 26.7 Å². The van der Waals surface area contributed by atoms with Crippen molar-refractivity contribution in [1.82, 2.24) is 8.61 Å². The first kappa shape index (κ1) is 18.9. The molecule has 1 fully saturated rings. The van der Waals surface area contributed by atoms with Gasteiger partial charge in [0.1, 0.15) is 0 Å². The number of morpholine rings is 1. The molecule has 134 valence electrons. The fraction of sp³-hybridized carbons (Fsp3) is 0.562. The monoisotopic (exact) mass is 356 g/mol. The molecule has 0 N–H and O–H groups in total. The van der Waals surface area contributed by atoms with Gasteiger partial charge in [-0.1, -0.05) is 12.1 Å². The minimum atomic E-state index is -3.56. The molecule has 0 aliphatic carbocycles. The number of carbonyl (C=O) groups excluding carboxylic acids is 1. The highest BCUT2D eigenvalue weighted by Gasteiger charge is 2.33. The maximum absolute atomic E-state index is 12.7. The van der Waals surface area contributed by atoms with Crippen LogP contribution in [0.2, 0.25) is 0 Å². The molecule has 1 aromatic carbocycles. The fourth-order valence-corrected chi connectivity index (χ4v) is 4.22. The number of esters is 1. The standard InChI is InChI=1S/C16H24N2O5S/c1-12-9-18(10-13(2)23-12)24(20,21)17(3)11-14-5-7-15(8-6-14)16(19)22-4/h5-8,12-13H,9-11H2,1-4H3/t12-,13-/m1/s1. The molecular weight excluding hydrogens is 332 g/mol. The molecule has 1 aromatic rings. The molecule has 1 saturated heterocycles. The van der Waals surface area contributed by atoms with Crippen molar-refractivity contribution in [3.05, 3.63) is 35.4 Å². The van der Waals surface area contributed by atoms with Gasteiger partial charge in [-0.25, -0.2) is 4.79 Å². The summed E-state index contributed by atoms with van der Waals surface area (Å²) in [5.41, 5.74) is 1.23. The van der Waals surface area contributed by atoms with Gasteiger partial charge in [0.2, 0.25) is 0 Å². The van der Waals surface area contributed by atoms with E-state index < -0.39 is 16.2 Å². The zero-order chi connectivity index (χ0) is 17.9. The van der Waals surface area contributed by atoms with Crippen LogP contribution in [0.5, 0.6) is 0 Å². The minimum absolute atomic E-state index is 0.128. The van der Waals surface area contributed by atoms with Gasteiger partial charge in [-0.15, -0.1) is 0 Å². The zero-order valence-corrected chi connectivity index (χ0v) is 15.2.